The van der Waals surface area contributed by atoms with Crippen molar-refractivity contribution >= 4 is 28.5 Å². The first-order chi connectivity index (χ1) is 12.1. The van der Waals surface area contributed by atoms with Gasteiger partial charge in [0.25, 0.3) is 0 Å². The minimum Gasteiger partial charge on any atom is -0.439 e. The number of anilines is 1. The Bertz CT molecular complexity index is 578. The number of rotatable bonds is 10. The lowest BCUT2D eigenvalue weighted by atomic mass is 10.3. The summed E-state index contributed by atoms with van der Waals surface area (Å²) in [4.78, 5) is 28.0. The molecule has 1 aromatic rings. The summed E-state index contributed by atoms with van der Waals surface area (Å²) < 4.78 is 5.55. The van der Waals surface area contributed by atoms with Gasteiger partial charge in [-0.1, -0.05) is 44.9 Å². The average Bonchev–Trinajstić information content (AvgIpc) is 3.16. The van der Waals surface area contributed by atoms with Gasteiger partial charge < -0.3 is 9.64 Å². The number of aromatic nitrogens is 2. The van der Waals surface area contributed by atoms with Crippen LogP contribution in [0.15, 0.2) is 0 Å². The molecule has 2 amide bonds. The van der Waals surface area contributed by atoms with Crippen LogP contribution in [-0.2, 0) is 16.0 Å². The summed E-state index contributed by atoms with van der Waals surface area (Å²) in [6.45, 7) is 7.19. The van der Waals surface area contributed by atoms with Crippen LogP contribution in [0, 0.1) is 0 Å². The number of carbonyl (C=O) groups excluding carboxylic acids is 2. The molecule has 1 fully saturated rings. The number of ether oxygens (including phenoxy) is 1. The van der Waals surface area contributed by atoms with Crippen LogP contribution in [0.3, 0.4) is 0 Å². The van der Waals surface area contributed by atoms with Crippen molar-refractivity contribution in [1.29, 1.82) is 0 Å². The van der Waals surface area contributed by atoms with Crippen LogP contribution in [-0.4, -0.2) is 46.4 Å². The number of aryl methyl sites for hydroxylation is 1. The molecule has 1 aromatic heterocycles. The Morgan fingerprint density at radius 2 is 1.96 bits per heavy atom. The molecular formula is C17H28N4O3S. The highest BCUT2D eigenvalue weighted by Crippen LogP contribution is 2.29. The van der Waals surface area contributed by atoms with E-state index >= 15 is 0 Å². The van der Waals surface area contributed by atoms with Crippen molar-refractivity contribution in [2.75, 3.05) is 18.0 Å². The van der Waals surface area contributed by atoms with E-state index in [9.17, 15) is 9.59 Å². The number of nitrogens with zero attached hydrogens (tertiary/aromatic N) is 4. The molecule has 0 radical (unpaired) electrons. The third kappa shape index (κ3) is 5.14. The van der Waals surface area contributed by atoms with Gasteiger partial charge in [0, 0.05) is 19.4 Å². The zero-order chi connectivity index (χ0) is 18.2. The van der Waals surface area contributed by atoms with Crippen molar-refractivity contribution in [3.05, 3.63) is 5.01 Å². The molecule has 0 aromatic carbocycles. The van der Waals surface area contributed by atoms with E-state index in [1.54, 1.807) is 4.90 Å². The predicted molar refractivity (Wildman–Crippen MR) is 97.7 cm³/mol. The molecular weight excluding hydrogens is 340 g/mol. The molecule has 25 heavy (non-hydrogen) atoms. The fourth-order valence-corrected chi connectivity index (χ4v) is 3.56. The van der Waals surface area contributed by atoms with Crippen LogP contribution in [0.5, 0.6) is 0 Å². The summed E-state index contributed by atoms with van der Waals surface area (Å²) in [5, 5.41) is 9.79. The highest BCUT2D eigenvalue weighted by molar-refractivity contribution is 7.15. The molecule has 0 saturated carbocycles. The fraction of sp³-hybridized carbons (Fsp3) is 0.765. The summed E-state index contributed by atoms with van der Waals surface area (Å²) in [7, 11) is 0. The summed E-state index contributed by atoms with van der Waals surface area (Å²) in [5.74, 6) is -0.279. The molecule has 2 heterocycles. The van der Waals surface area contributed by atoms with E-state index < -0.39 is 6.23 Å². The quantitative estimate of drug-likeness (QED) is 0.590. The second-order valence-electron chi connectivity index (χ2n) is 6.23. The van der Waals surface area contributed by atoms with E-state index in [4.69, 9.17) is 4.74 Å². The van der Waals surface area contributed by atoms with Gasteiger partial charge in [-0.05, 0) is 19.3 Å². The third-order valence-electron chi connectivity index (χ3n) is 4.05. The largest absolute Gasteiger partial charge is 0.439 e. The maximum Gasteiger partial charge on any atom is 0.329 e. The molecule has 1 atom stereocenters. The molecule has 0 spiro atoms. The van der Waals surface area contributed by atoms with Crippen LogP contribution in [0.1, 0.15) is 64.3 Å². The van der Waals surface area contributed by atoms with Crippen molar-refractivity contribution in [2.24, 2.45) is 0 Å². The molecule has 1 unspecified atom stereocenters. The van der Waals surface area contributed by atoms with Crippen molar-refractivity contribution in [3.63, 3.8) is 0 Å². The Balaban J connectivity index is 2.14. The van der Waals surface area contributed by atoms with Gasteiger partial charge in [-0.15, -0.1) is 10.2 Å². The molecule has 0 aliphatic carbocycles. The summed E-state index contributed by atoms with van der Waals surface area (Å²) in [5.41, 5.74) is 0. The zero-order valence-electron chi connectivity index (χ0n) is 15.4. The van der Waals surface area contributed by atoms with E-state index in [1.807, 2.05) is 6.92 Å². The first kappa shape index (κ1) is 19.6. The average molecular weight is 369 g/mol. The normalized spacial score (nSPS) is 17.4. The van der Waals surface area contributed by atoms with E-state index in [0.717, 1.165) is 43.5 Å². The summed E-state index contributed by atoms with van der Waals surface area (Å²) >= 11 is 1.41. The standard InChI is InChI=1S/C17H28N4O3S/c1-4-7-10-13-18-19-16(25-13)21-14(24-15(22)9-6-3)12-20(17(21)23)11-8-5-2/h14H,4-12H2,1-3H3. The van der Waals surface area contributed by atoms with Crippen molar-refractivity contribution < 1.29 is 14.3 Å². The maximum absolute atomic E-state index is 12.8. The Kier molecular flexibility index (Phi) is 7.61. The van der Waals surface area contributed by atoms with Crippen LogP contribution in [0.4, 0.5) is 9.93 Å². The zero-order valence-corrected chi connectivity index (χ0v) is 16.2. The number of amides is 2. The molecule has 1 aliphatic heterocycles. The Morgan fingerprint density at radius 1 is 1.20 bits per heavy atom. The molecule has 1 aliphatic rings. The number of hydrogen-bond donors (Lipinski definition) is 0. The van der Waals surface area contributed by atoms with Gasteiger partial charge in [0.15, 0.2) is 0 Å². The number of urea groups is 1. The monoisotopic (exact) mass is 368 g/mol. The second kappa shape index (κ2) is 9.70. The van der Waals surface area contributed by atoms with E-state index in [0.29, 0.717) is 24.6 Å². The van der Waals surface area contributed by atoms with Crippen LogP contribution in [0.2, 0.25) is 0 Å². The lowest BCUT2D eigenvalue weighted by molar-refractivity contribution is -0.148. The van der Waals surface area contributed by atoms with Gasteiger partial charge >= 0.3 is 12.0 Å². The van der Waals surface area contributed by atoms with E-state index in [1.165, 1.54) is 16.2 Å². The molecule has 140 valence electrons. The topological polar surface area (TPSA) is 75.6 Å². The lowest BCUT2D eigenvalue weighted by Gasteiger charge is -2.19. The third-order valence-corrected chi connectivity index (χ3v) is 5.03. The Morgan fingerprint density at radius 3 is 2.64 bits per heavy atom. The number of hydrogen-bond acceptors (Lipinski definition) is 6. The first-order valence-corrected chi connectivity index (χ1v) is 10.0. The first-order valence-electron chi connectivity index (χ1n) is 9.20. The summed E-state index contributed by atoms with van der Waals surface area (Å²) in [6, 6.07) is -0.152. The minimum absolute atomic E-state index is 0.152. The molecule has 7 nitrogen and oxygen atoms in total. The molecule has 0 bridgehead atoms. The molecule has 8 heteroatoms. The lowest BCUT2D eigenvalue weighted by Crippen LogP contribution is -2.37. The van der Waals surface area contributed by atoms with E-state index in [-0.39, 0.29) is 12.0 Å². The molecule has 1 saturated heterocycles. The van der Waals surface area contributed by atoms with Crippen molar-refractivity contribution in [1.82, 2.24) is 15.1 Å². The van der Waals surface area contributed by atoms with E-state index in [2.05, 4.69) is 24.0 Å². The van der Waals surface area contributed by atoms with Gasteiger partial charge in [0.1, 0.15) is 5.01 Å². The van der Waals surface area contributed by atoms with Crippen molar-refractivity contribution in [3.8, 4) is 0 Å². The van der Waals surface area contributed by atoms with Gasteiger partial charge in [-0.3, -0.25) is 4.79 Å². The minimum atomic E-state index is -0.615. The number of esters is 1. The second-order valence-corrected chi connectivity index (χ2v) is 7.27. The van der Waals surface area contributed by atoms with Gasteiger partial charge in [-0.2, -0.15) is 0 Å². The smallest absolute Gasteiger partial charge is 0.329 e. The maximum atomic E-state index is 12.8. The molecule has 2 rings (SSSR count). The predicted octanol–water partition coefficient (Wildman–Crippen LogP) is 3.59. The summed E-state index contributed by atoms with van der Waals surface area (Å²) in [6.07, 6.45) is 5.37. The highest BCUT2D eigenvalue weighted by atomic mass is 32.1. The Labute approximate surface area is 153 Å². The van der Waals surface area contributed by atoms with Gasteiger partial charge in [0.2, 0.25) is 11.4 Å². The highest BCUT2D eigenvalue weighted by Gasteiger charge is 2.42. The van der Waals surface area contributed by atoms with Crippen molar-refractivity contribution in [2.45, 2.75) is 71.9 Å². The fourth-order valence-electron chi connectivity index (χ4n) is 2.64. The number of unbranched alkanes of at least 4 members (excludes halogenated alkanes) is 2. The number of carbonyl (C=O) groups is 2. The SMILES string of the molecule is CCCCc1nnc(N2C(=O)N(CCCC)CC2OC(=O)CCC)s1. The van der Waals surface area contributed by atoms with Gasteiger partial charge in [0.05, 0.1) is 6.54 Å². The Hall–Kier alpha value is -1.70. The van der Waals surface area contributed by atoms with Crippen LogP contribution < -0.4 is 4.90 Å². The van der Waals surface area contributed by atoms with Crippen LogP contribution >= 0.6 is 11.3 Å². The van der Waals surface area contributed by atoms with Crippen LogP contribution in [0.25, 0.3) is 0 Å². The van der Waals surface area contributed by atoms with Gasteiger partial charge in [-0.25, -0.2) is 9.69 Å². The molecule has 0 N–H and O–H groups in total.